The molecule has 0 heterocycles. The highest BCUT2D eigenvalue weighted by Crippen LogP contribution is 2.22. The fraction of sp³-hybridized carbons (Fsp3) is 0.250. The normalized spacial score (nSPS) is 10.5. The first-order chi connectivity index (χ1) is 6.16. The molecule has 1 N–H and O–H groups in total. The van der Waals surface area contributed by atoms with Gasteiger partial charge in [-0.15, -0.1) is 0 Å². The summed E-state index contributed by atoms with van der Waals surface area (Å²) in [6, 6.07) is 2.00. The molecule has 0 aliphatic rings. The van der Waals surface area contributed by atoms with Crippen LogP contribution in [0.4, 0.5) is 8.78 Å². The first-order valence-electron chi connectivity index (χ1n) is 3.55. The second kappa shape index (κ2) is 4.50. The molecule has 0 aliphatic carbocycles. The minimum atomic E-state index is -0.643. The molecule has 0 aliphatic heterocycles. The van der Waals surface area contributed by atoms with Crippen molar-refractivity contribution in [2.75, 3.05) is 7.11 Å². The molecule has 0 saturated carbocycles. The van der Waals surface area contributed by atoms with Crippen LogP contribution in [0.5, 0.6) is 0 Å². The average molecular weight is 208 g/mol. The number of benzene rings is 1. The van der Waals surface area contributed by atoms with Gasteiger partial charge in [0.05, 0.1) is 18.7 Å². The van der Waals surface area contributed by atoms with E-state index in [0.717, 1.165) is 12.1 Å². The maximum Gasteiger partial charge on any atom is 0.142 e. The Kier molecular flexibility index (Phi) is 3.59. The van der Waals surface area contributed by atoms with Crippen molar-refractivity contribution in [3.63, 3.8) is 0 Å². The second-order valence-corrected chi connectivity index (χ2v) is 2.72. The second-order valence-electron chi connectivity index (χ2n) is 2.35. The molecule has 0 aromatic heterocycles. The van der Waals surface area contributed by atoms with E-state index in [1.54, 1.807) is 0 Å². The summed E-state index contributed by atoms with van der Waals surface area (Å²) in [6.45, 7) is 0.0267. The van der Waals surface area contributed by atoms with Crippen molar-refractivity contribution in [2.24, 2.45) is 0 Å². The molecule has 0 atom stereocenters. The summed E-state index contributed by atoms with van der Waals surface area (Å²) in [7, 11) is 1.38. The van der Waals surface area contributed by atoms with Gasteiger partial charge >= 0.3 is 0 Å². The van der Waals surface area contributed by atoms with Crippen LogP contribution in [-0.2, 0) is 11.4 Å². The third kappa shape index (κ3) is 2.37. The van der Waals surface area contributed by atoms with Crippen molar-refractivity contribution >= 4 is 11.6 Å². The van der Waals surface area contributed by atoms with E-state index in [1.165, 1.54) is 7.11 Å². The standard InChI is InChI=1S/C8H8ClF2NO/c1-13-12-4-5-6(10)2-3-7(11)8(5)9/h2-3,12H,4H2,1H3. The Hall–Kier alpha value is -0.710. The van der Waals surface area contributed by atoms with Gasteiger partial charge in [0.15, 0.2) is 0 Å². The van der Waals surface area contributed by atoms with Crippen molar-refractivity contribution in [3.8, 4) is 0 Å². The Morgan fingerprint density at radius 3 is 2.62 bits per heavy atom. The van der Waals surface area contributed by atoms with Crippen LogP contribution in [0.25, 0.3) is 0 Å². The van der Waals surface area contributed by atoms with Gasteiger partial charge < -0.3 is 4.84 Å². The lowest BCUT2D eigenvalue weighted by molar-refractivity contribution is 0.0859. The number of halogens is 3. The SMILES string of the molecule is CONCc1c(F)ccc(F)c1Cl. The topological polar surface area (TPSA) is 21.3 Å². The lowest BCUT2D eigenvalue weighted by Gasteiger charge is -2.06. The number of nitrogens with one attached hydrogen (secondary N) is 1. The zero-order chi connectivity index (χ0) is 9.84. The van der Waals surface area contributed by atoms with E-state index in [4.69, 9.17) is 11.6 Å². The van der Waals surface area contributed by atoms with Crippen LogP contribution in [0.1, 0.15) is 5.56 Å². The molecule has 0 unspecified atom stereocenters. The number of rotatable bonds is 3. The predicted octanol–water partition coefficient (Wildman–Crippen LogP) is 2.27. The molecule has 72 valence electrons. The van der Waals surface area contributed by atoms with Gasteiger partial charge in [0, 0.05) is 5.56 Å². The molecular formula is C8H8ClF2NO. The van der Waals surface area contributed by atoms with E-state index in [0.29, 0.717) is 0 Å². The molecular weight excluding hydrogens is 200 g/mol. The van der Waals surface area contributed by atoms with E-state index in [-0.39, 0.29) is 17.1 Å². The summed E-state index contributed by atoms with van der Waals surface area (Å²) in [5, 5.41) is -0.218. The van der Waals surface area contributed by atoms with Crippen LogP contribution >= 0.6 is 11.6 Å². The zero-order valence-corrected chi connectivity index (χ0v) is 7.66. The van der Waals surface area contributed by atoms with Gasteiger partial charge in [0.2, 0.25) is 0 Å². The summed E-state index contributed by atoms with van der Waals surface area (Å²) in [4.78, 5) is 4.50. The number of hydrogen-bond acceptors (Lipinski definition) is 2. The predicted molar refractivity (Wildman–Crippen MR) is 45.2 cm³/mol. The van der Waals surface area contributed by atoms with Gasteiger partial charge in [-0.1, -0.05) is 11.6 Å². The molecule has 2 nitrogen and oxygen atoms in total. The maximum atomic E-state index is 13.0. The van der Waals surface area contributed by atoms with Crippen molar-refractivity contribution in [1.29, 1.82) is 0 Å². The van der Waals surface area contributed by atoms with Gasteiger partial charge in [-0.3, -0.25) is 0 Å². The fourth-order valence-corrected chi connectivity index (χ4v) is 1.10. The maximum absolute atomic E-state index is 13.0. The minimum absolute atomic E-state index is 0.0267. The van der Waals surface area contributed by atoms with Crippen LogP contribution in [-0.4, -0.2) is 7.11 Å². The summed E-state index contributed by atoms with van der Waals surface area (Å²) < 4.78 is 25.8. The van der Waals surface area contributed by atoms with E-state index in [1.807, 2.05) is 0 Å². The zero-order valence-electron chi connectivity index (χ0n) is 6.90. The molecule has 0 fully saturated rings. The van der Waals surface area contributed by atoms with Crippen LogP contribution in [0.3, 0.4) is 0 Å². The highest BCUT2D eigenvalue weighted by atomic mass is 35.5. The minimum Gasteiger partial charge on any atom is -0.305 e. The monoisotopic (exact) mass is 207 g/mol. The van der Waals surface area contributed by atoms with Crippen LogP contribution < -0.4 is 5.48 Å². The fourth-order valence-electron chi connectivity index (χ4n) is 0.875. The highest BCUT2D eigenvalue weighted by molar-refractivity contribution is 6.31. The van der Waals surface area contributed by atoms with Crippen molar-refractivity contribution in [3.05, 3.63) is 34.4 Å². The summed E-state index contributed by atoms with van der Waals surface area (Å²) in [5.74, 6) is -1.20. The Balaban J connectivity index is 2.96. The Labute approximate surface area is 79.4 Å². The first-order valence-corrected chi connectivity index (χ1v) is 3.93. The molecule has 1 aromatic carbocycles. The largest absolute Gasteiger partial charge is 0.305 e. The molecule has 13 heavy (non-hydrogen) atoms. The van der Waals surface area contributed by atoms with E-state index in [2.05, 4.69) is 10.3 Å². The molecule has 0 amide bonds. The smallest absolute Gasteiger partial charge is 0.142 e. The quantitative estimate of drug-likeness (QED) is 0.607. The summed E-state index contributed by atoms with van der Waals surface area (Å²) in [5.41, 5.74) is 2.44. The van der Waals surface area contributed by atoms with Gasteiger partial charge in [-0.2, -0.15) is 5.48 Å². The third-order valence-electron chi connectivity index (χ3n) is 1.53. The molecule has 0 radical (unpaired) electrons. The number of hydroxylamine groups is 1. The van der Waals surface area contributed by atoms with Crippen molar-refractivity contribution < 1.29 is 13.6 Å². The van der Waals surface area contributed by atoms with Gasteiger partial charge in [0.1, 0.15) is 11.6 Å². The summed E-state index contributed by atoms with van der Waals surface area (Å²) >= 11 is 5.52. The lowest BCUT2D eigenvalue weighted by atomic mass is 10.2. The highest BCUT2D eigenvalue weighted by Gasteiger charge is 2.10. The first kappa shape index (κ1) is 10.4. The van der Waals surface area contributed by atoms with Gasteiger partial charge in [-0.25, -0.2) is 8.78 Å². The number of hydrogen-bond donors (Lipinski definition) is 1. The van der Waals surface area contributed by atoms with Gasteiger partial charge in [-0.05, 0) is 12.1 Å². The summed E-state index contributed by atoms with van der Waals surface area (Å²) in [6.07, 6.45) is 0. The Bertz CT molecular complexity index is 306. The Morgan fingerprint density at radius 2 is 2.00 bits per heavy atom. The van der Waals surface area contributed by atoms with Crippen molar-refractivity contribution in [2.45, 2.75) is 6.54 Å². The van der Waals surface area contributed by atoms with E-state index in [9.17, 15) is 8.78 Å². The molecule has 1 aromatic rings. The molecule has 1 rings (SSSR count). The average Bonchev–Trinajstić information content (AvgIpc) is 2.12. The molecule has 0 saturated heterocycles. The third-order valence-corrected chi connectivity index (χ3v) is 1.94. The molecule has 0 spiro atoms. The van der Waals surface area contributed by atoms with Crippen LogP contribution in [0.2, 0.25) is 5.02 Å². The molecule has 5 heteroatoms. The Morgan fingerprint density at radius 1 is 1.38 bits per heavy atom. The van der Waals surface area contributed by atoms with Crippen LogP contribution in [0.15, 0.2) is 12.1 Å². The van der Waals surface area contributed by atoms with E-state index >= 15 is 0 Å². The van der Waals surface area contributed by atoms with Crippen LogP contribution in [0, 0.1) is 11.6 Å². The van der Waals surface area contributed by atoms with E-state index < -0.39 is 11.6 Å². The molecule has 0 bridgehead atoms. The van der Waals surface area contributed by atoms with Crippen molar-refractivity contribution in [1.82, 2.24) is 5.48 Å². The van der Waals surface area contributed by atoms with Gasteiger partial charge in [0.25, 0.3) is 0 Å². The lowest BCUT2D eigenvalue weighted by Crippen LogP contribution is -2.12.